The quantitative estimate of drug-likeness (QED) is 0.0896. The van der Waals surface area contributed by atoms with Gasteiger partial charge < -0.3 is 9.80 Å². The van der Waals surface area contributed by atoms with Crippen LogP contribution in [0.2, 0.25) is 0 Å². The zero-order valence-electron chi connectivity index (χ0n) is 67.9. The molecule has 2 nitrogen and oxygen atoms in total. The first-order chi connectivity index (χ1) is 60.2. The molecule has 2 atom stereocenters. The van der Waals surface area contributed by atoms with Crippen molar-refractivity contribution in [3.8, 4) is 122 Å². The molecule has 0 radical (unpaired) electrons. The van der Waals surface area contributed by atoms with Gasteiger partial charge in [-0.3, -0.25) is 0 Å². The summed E-state index contributed by atoms with van der Waals surface area (Å²) in [6, 6.07) is 176. The Morgan fingerprint density at radius 3 is 0.926 bits per heavy atom. The average molecular weight is 1550 g/mol. The molecule has 2 aliphatic carbocycles. The van der Waals surface area contributed by atoms with E-state index in [1.807, 2.05) is 0 Å². The molecule has 0 bridgehead atoms. The van der Waals surface area contributed by atoms with E-state index in [1.54, 1.807) is 0 Å². The van der Waals surface area contributed by atoms with Crippen LogP contribution in [0, 0.1) is 0 Å². The van der Waals surface area contributed by atoms with E-state index >= 15 is 0 Å². The smallest absolute Gasteiger partial charge is 0.0543 e. The van der Waals surface area contributed by atoms with Gasteiger partial charge in [0.1, 0.15) is 0 Å². The van der Waals surface area contributed by atoms with Gasteiger partial charge in [-0.05, 0) is 271 Å². The van der Waals surface area contributed by atoms with Crippen LogP contribution in [0.3, 0.4) is 0 Å². The normalized spacial score (nSPS) is 14.2. The Balaban J connectivity index is 0.607. The molecular formula is C120H84N2. The van der Waals surface area contributed by atoms with Crippen LogP contribution in [-0.2, 0) is 10.8 Å². The number of nitrogens with zero attached hydrogens (tertiary/aromatic N) is 2. The molecule has 20 aromatic rings. The van der Waals surface area contributed by atoms with Gasteiger partial charge in [-0.2, -0.15) is 0 Å². The zero-order valence-corrected chi connectivity index (χ0v) is 67.9. The van der Waals surface area contributed by atoms with Gasteiger partial charge in [0.15, 0.2) is 0 Å². The summed E-state index contributed by atoms with van der Waals surface area (Å²) in [7, 11) is 0. The second kappa shape index (κ2) is 30.5. The lowest BCUT2D eigenvalue weighted by atomic mass is 9.73. The van der Waals surface area contributed by atoms with Gasteiger partial charge in [-0.25, -0.2) is 0 Å². The van der Waals surface area contributed by atoms with Gasteiger partial charge >= 0.3 is 0 Å². The van der Waals surface area contributed by atoms with Crippen LogP contribution in [0.1, 0.15) is 47.2 Å². The van der Waals surface area contributed by atoms with Gasteiger partial charge in [0.25, 0.3) is 0 Å². The van der Waals surface area contributed by atoms with E-state index < -0.39 is 5.41 Å². The SMILES string of the molecule is CC1(c2ccccc2)c2ccccc2-c2c(N(c3ccc(-c4ccccc4-c4cccc(-c5cccc(C6(C)c7ccccc7-c7c(N(c8ccc(-c9cccc(-c%10ccccc%10)c9)cc8)c8cccc(-c9ccc(-c%10ccc%11ccccc%11c%10)cc9)c8)cccc76)c5)c4)cc3)c3cccc(-c4ccc(-c5ccc6ccccc6c5)cc4)c3)cccc21. The van der Waals surface area contributed by atoms with Crippen molar-refractivity contribution in [2.45, 2.75) is 24.7 Å². The lowest BCUT2D eigenvalue weighted by Crippen LogP contribution is -2.22. The minimum atomic E-state index is -0.528. The number of rotatable bonds is 17. The second-order valence-electron chi connectivity index (χ2n) is 32.9. The average Bonchev–Trinajstić information content (AvgIpc) is 1.54. The largest absolute Gasteiger partial charge is 0.310 e. The third kappa shape index (κ3) is 12.8. The minimum Gasteiger partial charge on any atom is -0.310 e. The predicted octanol–water partition coefficient (Wildman–Crippen LogP) is 32.6. The summed E-state index contributed by atoms with van der Waals surface area (Å²) in [5.41, 5.74) is 39.3. The third-order valence-electron chi connectivity index (χ3n) is 26.0. The highest BCUT2D eigenvalue weighted by molar-refractivity contribution is 6.00. The van der Waals surface area contributed by atoms with E-state index in [0.717, 1.165) is 89.8 Å². The van der Waals surface area contributed by atoms with Crippen molar-refractivity contribution in [2.75, 3.05) is 9.80 Å². The molecule has 0 aliphatic heterocycles. The molecule has 0 amide bonds. The first kappa shape index (κ1) is 72.9. The van der Waals surface area contributed by atoms with Crippen LogP contribution in [-0.4, -0.2) is 0 Å². The fourth-order valence-corrected chi connectivity index (χ4v) is 19.7. The van der Waals surface area contributed by atoms with Crippen LogP contribution in [0.15, 0.2) is 473 Å². The molecule has 0 saturated carbocycles. The second-order valence-corrected chi connectivity index (χ2v) is 32.9. The zero-order chi connectivity index (χ0) is 81.2. The van der Waals surface area contributed by atoms with Crippen molar-refractivity contribution in [1.29, 1.82) is 0 Å². The number of hydrogen-bond acceptors (Lipinski definition) is 2. The van der Waals surface area contributed by atoms with Gasteiger partial charge in [0.05, 0.1) is 11.4 Å². The summed E-state index contributed by atoms with van der Waals surface area (Å²) < 4.78 is 0. The van der Waals surface area contributed by atoms with E-state index in [2.05, 4.69) is 497 Å². The predicted molar refractivity (Wildman–Crippen MR) is 515 cm³/mol. The maximum Gasteiger partial charge on any atom is 0.0543 e. The van der Waals surface area contributed by atoms with Gasteiger partial charge in [0, 0.05) is 44.7 Å². The van der Waals surface area contributed by atoms with Crippen molar-refractivity contribution >= 4 is 55.7 Å². The third-order valence-corrected chi connectivity index (χ3v) is 26.0. The fourth-order valence-electron chi connectivity index (χ4n) is 19.7. The highest BCUT2D eigenvalue weighted by atomic mass is 15.2. The minimum absolute atomic E-state index is 0.377. The van der Waals surface area contributed by atoms with Crippen molar-refractivity contribution in [2.24, 2.45) is 0 Å². The van der Waals surface area contributed by atoms with Gasteiger partial charge in [0.2, 0.25) is 0 Å². The first-order valence-corrected chi connectivity index (χ1v) is 42.4. The highest BCUT2D eigenvalue weighted by Crippen LogP contribution is 2.60. The molecule has 122 heavy (non-hydrogen) atoms. The van der Waals surface area contributed by atoms with Crippen molar-refractivity contribution < 1.29 is 0 Å². The standard InChI is InChI=1S/C120H84N2/c1-119(101-39-7-4-8-40-101)111-48-17-15-46-109(111)117-113(119)50-24-52-115(117)122(106-43-23-37-97(80-106)85-56-60-87(61-57-85)99-65-63-83-29-10-12-31-91(83)76-99)104-72-68-89(69-73-104)107-44-13-14-45-108(107)100-38-20-34-94(77-100)95-35-21-41-102(78-95)120(2)112-49-18-16-47-110(112)118-114(120)51-25-53-116(118)121(103-70-66-88(67-71-103)93-33-19-32-92(74-93)81-26-5-3-6-27-81)105-42-22-36-96(79-105)84-54-58-86(59-55-84)98-64-62-82-28-9-11-30-90(82)75-98/h3-80H,1-2H3. The van der Waals surface area contributed by atoms with E-state index in [1.165, 1.54) is 122 Å². The molecule has 0 heterocycles. The van der Waals surface area contributed by atoms with Gasteiger partial charge in [-0.15, -0.1) is 0 Å². The Morgan fingerprint density at radius 2 is 0.443 bits per heavy atom. The summed E-state index contributed by atoms with van der Waals surface area (Å²) in [4.78, 5) is 4.98. The van der Waals surface area contributed by atoms with Crippen molar-refractivity contribution in [3.05, 3.63) is 507 Å². The summed E-state index contributed by atoms with van der Waals surface area (Å²) in [5.74, 6) is 0. The molecular weight excluding hydrogens is 1470 g/mol. The summed E-state index contributed by atoms with van der Waals surface area (Å²) >= 11 is 0. The monoisotopic (exact) mass is 1550 g/mol. The molecule has 2 heteroatoms. The Kier molecular flexibility index (Phi) is 18.2. The van der Waals surface area contributed by atoms with Crippen LogP contribution in [0.5, 0.6) is 0 Å². The first-order valence-electron chi connectivity index (χ1n) is 42.4. The lowest BCUT2D eigenvalue weighted by molar-refractivity contribution is 0.714. The molecule has 2 unspecified atom stereocenters. The summed E-state index contributed by atoms with van der Waals surface area (Å²) in [5, 5.41) is 4.97. The molecule has 0 fully saturated rings. The maximum absolute atomic E-state index is 2.49. The molecule has 22 rings (SSSR count). The maximum atomic E-state index is 2.49. The fraction of sp³-hybridized carbons (Fsp3) is 0.0333. The Morgan fingerprint density at radius 1 is 0.156 bits per heavy atom. The molecule has 0 saturated heterocycles. The summed E-state index contributed by atoms with van der Waals surface area (Å²) in [6.07, 6.45) is 0. The van der Waals surface area contributed by atoms with E-state index in [9.17, 15) is 0 Å². The van der Waals surface area contributed by atoms with Crippen LogP contribution >= 0.6 is 0 Å². The van der Waals surface area contributed by atoms with Crippen LogP contribution < -0.4 is 9.80 Å². The molecule has 2 aliphatic rings. The Bertz CT molecular complexity index is 7390. The van der Waals surface area contributed by atoms with E-state index in [-0.39, 0.29) is 5.41 Å². The van der Waals surface area contributed by atoms with Gasteiger partial charge in [-0.1, -0.05) is 382 Å². The number of benzene rings is 20. The molecule has 574 valence electrons. The lowest BCUT2D eigenvalue weighted by Gasteiger charge is -2.31. The molecule has 0 aromatic heterocycles. The van der Waals surface area contributed by atoms with Crippen molar-refractivity contribution in [3.63, 3.8) is 0 Å². The number of fused-ring (bicyclic) bond motifs is 8. The van der Waals surface area contributed by atoms with Crippen LogP contribution in [0.4, 0.5) is 34.1 Å². The molecule has 0 spiro atoms. The molecule has 0 N–H and O–H groups in total. The van der Waals surface area contributed by atoms with E-state index in [4.69, 9.17) is 0 Å². The van der Waals surface area contributed by atoms with Crippen LogP contribution in [0.25, 0.3) is 144 Å². The Hall–Kier alpha value is -15.5. The number of anilines is 6. The van der Waals surface area contributed by atoms with Crippen molar-refractivity contribution in [1.82, 2.24) is 0 Å². The topological polar surface area (TPSA) is 6.48 Å². The summed E-state index contributed by atoms with van der Waals surface area (Å²) in [6.45, 7) is 4.85. The molecule has 20 aromatic carbocycles. The highest BCUT2D eigenvalue weighted by Gasteiger charge is 2.44. The number of hydrogen-bond donors (Lipinski definition) is 0. The van der Waals surface area contributed by atoms with E-state index in [0.29, 0.717) is 0 Å². The Labute approximate surface area is 714 Å².